The summed E-state index contributed by atoms with van der Waals surface area (Å²) in [6, 6.07) is 5.74. The van der Waals surface area contributed by atoms with E-state index in [0.717, 1.165) is 24.4 Å². The van der Waals surface area contributed by atoms with Gasteiger partial charge >= 0.3 is 0 Å². The highest BCUT2D eigenvalue weighted by molar-refractivity contribution is 6.33. The van der Waals surface area contributed by atoms with Crippen LogP contribution < -0.4 is 5.73 Å². The zero-order valence-electron chi connectivity index (χ0n) is 9.13. The van der Waals surface area contributed by atoms with E-state index >= 15 is 0 Å². The molecular formula is C12H14ClN3. The van der Waals surface area contributed by atoms with Gasteiger partial charge in [0.1, 0.15) is 5.82 Å². The molecule has 3 nitrogen and oxygen atoms in total. The third-order valence-corrected chi connectivity index (χ3v) is 2.81. The minimum absolute atomic E-state index is 0.609. The molecule has 0 aliphatic carbocycles. The molecule has 2 aromatic rings. The number of nitrogen functional groups attached to an aromatic ring is 1. The normalized spacial score (nSPS) is 10.6. The number of benzene rings is 1. The molecule has 0 aliphatic rings. The van der Waals surface area contributed by atoms with Crippen molar-refractivity contribution in [2.24, 2.45) is 0 Å². The highest BCUT2D eigenvalue weighted by Gasteiger charge is 2.01. The molecule has 3 N–H and O–H groups in total. The molecule has 0 fully saturated rings. The fourth-order valence-electron chi connectivity index (χ4n) is 1.61. The maximum atomic E-state index is 5.86. The quantitative estimate of drug-likeness (QED) is 0.804. The molecule has 16 heavy (non-hydrogen) atoms. The van der Waals surface area contributed by atoms with Crippen LogP contribution in [0.25, 0.3) is 0 Å². The van der Waals surface area contributed by atoms with Crippen molar-refractivity contribution in [2.75, 3.05) is 5.73 Å². The van der Waals surface area contributed by atoms with Crippen LogP contribution in [0.2, 0.25) is 5.02 Å². The van der Waals surface area contributed by atoms with E-state index < -0.39 is 0 Å². The fraction of sp³-hybridized carbons (Fsp3) is 0.250. The largest absolute Gasteiger partial charge is 0.398 e. The van der Waals surface area contributed by atoms with Crippen molar-refractivity contribution in [3.8, 4) is 0 Å². The topological polar surface area (TPSA) is 54.7 Å². The van der Waals surface area contributed by atoms with Crippen molar-refractivity contribution in [1.29, 1.82) is 0 Å². The summed E-state index contributed by atoms with van der Waals surface area (Å²) < 4.78 is 0. The SMILES string of the molecule is Cc1cnc(CCc2ccc(Cl)c(N)c2)[nH]1. The van der Waals surface area contributed by atoms with Gasteiger partial charge in [-0.15, -0.1) is 0 Å². The van der Waals surface area contributed by atoms with Gasteiger partial charge < -0.3 is 10.7 Å². The number of aromatic amines is 1. The maximum absolute atomic E-state index is 5.86. The molecule has 0 spiro atoms. The summed E-state index contributed by atoms with van der Waals surface area (Å²) in [4.78, 5) is 7.46. The van der Waals surface area contributed by atoms with Crippen LogP contribution in [0.15, 0.2) is 24.4 Å². The van der Waals surface area contributed by atoms with Crippen molar-refractivity contribution in [1.82, 2.24) is 9.97 Å². The first-order chi connectivity index (χ1) is 7.65. The lowest BCUT2D eigenvalue weighted by Gasteiger charge is -2.02. The minimum Gasteiger partial charge on any atom is -0.398 e. The zero-order valence-corrected chi connectivity index (χ0v) is 9.88. The third kappa shape index (κ3) is 2.55. The molecule has 1 aromatic heterocycles. The predicted molar refractivity (Wildman–Crippen MR) is 66.6 cm³/mol. The van der Waals surface area contributed by atoms with E-state index in [-0.39, 0.29) is 0 Å². The van der Waals surface area contributed by atoms with E-state index in [9.17, 15) is 0 Å². The molecule has 1 heterocycles. The van der Waals surface area contributed by atoms with Crippen molar-refractivity contribution in [3.63, 3.8) is 0 Å². The van der Waals surface area contributed by atoms with Gasteiger partial charge in [-0.25, -0.2) is 4.98 Å². The van der Waals surface area contributed by atoms with Crippen LogP contribution >= 0.6 is 11.6 Å². The number of imidazole rings is 1. The molecule has 0 saturated carbocycles. The summed E-state index contributed by atoms with van der Waals surface area (Å²) in [7, 11) is 0. The second-order valence-electron chi connectivity index (χ2n) is 3.87. The van der Waals surface area contributed by atoms with Crippen LogP contribution in [0.1, 0.15) is 17.1 Å². The Balaban J connectivity index is 2.02. The molecule has 0 atom stereocenters. The standard InChI is InChI=1S/C12H14ClN3/c1-8-7-15-12(16-8)5-3-9-2-4-10(13)11(14)6-9/h2,4,6-7H,3,5,14H2,1H3,(H,15,16). The Bertz CT molecular complexity index is 491. The molecule has 4 heteroatoms. The summed E-state index contributed by atoms with van der Waals surface area (Å²) in [6.07, 6.45) is 3.63. The highest BCUT2D eigenvalue weighted by Crippen LogP contribution is 2.20. The zero-order chi connectivity index (χ0) is 11.5. The summed E-state index contributed by atoms with van der Waals surface area (Å²) in [5.41, 5.74) is 8.64. The van der Waals surface area contributed by atoms with E-state index in [2.05, 4.69) is 9.97 Å². The van der Waals surface area contributed by atoms with Crippen LogP contribution in [-0.2, 0) is 12.8 Å². The number of aryl methyl sites for hydroxylation is 3. The number of rotatable bonds is 3. The van der Waals surface area contributed by atoms with Crippen LogP contribution in [0.5, 0.6) is 0 Å². The van der Waals surface area contributed by atoms with Gasteiger partial charge in [-0.05, 0) is 31.0 Å². The number of halogens is 1. The van der Waals surface area contributed by atoms with Gasteiger partial charge in [0.2, 0.25) is 0 Å². The number of hydrogen-bond donors (Lipinski definition) is 2. The lowest BCUT2D eigenvalue weighted by molar-refractivity contribution is 0.881. The first-order valence-corrected chi connectivity index (χ1v) is 5.57. The molecule has 1 aromatic carbocycles. The fourth-order valence-corrected chi connectivity index (χ4v) is 1.72. The monoisotopic (exact) mass is 235 g/mol. The Morgan fingerprint density at radius 1 is 1.38 bits per heavy atom. The van der Waals surface area contributed by atoms with Gasteiger partial charge in [-0.1, -0.05) is 17.7 Å². The lowest BCUT2D eigenvalue weighted by atomic mass is 10.1. The Labute approximate surface area is 99.7 Å². The van der Waals surface area contributed by atoms with Crippen molar-refractivity contribution in [2.45, 2.75) is 19.8 Å². The third-order valence-electron chi connectivity index (χ3n) is 2.47. The van der Waals surface area contributed by atoms with Crippen LogP contribution in [-0.4, -0.2) is 9.97 Å². The van der Waals surface area contributed by atoms with Gasteiger partial charge in [0.05, 0.1) is 10.7 Å². The van der Waals surface area contributed by atoms with Crippen molar-refractivity contribution in [3.05, 3.63) is 46.5 Å². The number of nitrogens with one attached hydrogen (secondary N) is 1. The Hall–Kier alpha value is -1.48. The Kier molecular flexibility index (Phi) is 3.15. The molecule has 0 aliphatic heterocycles. The lowest BCUT2D eigenvalue weighted by Crippen LogP contribution is -1.95. The Morgan fingerprint density at radius 2 is 2.19 bits per heavy atom. The second kappa shape index (κ2) is 4.58. The van der Waals surface area contributed by atoms with Crippen molar-refractivity contribution >= 4 is 17.3 Å². The summed E-state index contributed by atoms with van der Waals surface area (Å²) in [6.45, 7) is 2.00. The number of anilines is 1. The molecule has 0 amide bonds. The summed E-state index contributed by atoms with van der Waals surface area (Å²) in [5, 5.41) is 0.609. The van der Waals surface area contributed by atoms with Gasteiger partial charge in [0, 0.05) is 18.3 Å². The number of nitrogens with two attached hydrogens (primary N) is 1. The van der Waals surface area contributed by atoms with E-state index in [1.165, 1.54) is 5.56 Å². The van der Waals surface area contributed by atoms with E-state index in [4.69, 9.17) is 17.3 Å². The molecule has 84 valence electrons. The minimum atomic E-state index is 0.609. The van der Waals surface area contributed by atoms with Gasteiger partial charge in [-0.3, -0.25) is 0 Å². The van der Waals surface area contributed by atoms with Crippen LogP contribution in [0.4, 0.5) is 5.69 Å². The Morgan fingerprint density at radius 3 is 2.81 bits per heavy atom. The molecule has 0 radical (unpaired) electrons. The van der Waals surface area contributed by atoms with E-state index in [1.807, 2.05) is 31.3 Å². The molecular weight excluding hydrogens is 222 g/mol. The second-order valence-corrected chi connectivity index (χ2v) is 4.28. The van der Waals surface area contributed by atoms with Gasteiger partial charge in [-0.2, -0.15) is 0 Å². The average molecular weight is 236 g/mol. The first-order valence-electron chi connectivity index (χ1n) is 5.19. The van der Waals surface area contributed by atoms with Crippen LogP contribution in [0.3, 0.4) is 0 Å². The summed E-state index contributed by atoms with van der Waals surface area (Å²) in [5.74, 6) is 1.01. The smallest absolute Gasteiger partial charge is 0.106 e. The predicted octanol–water partition coefficient (Wildman–Crippen LogP) is 2.74. The molecule has 0 unspecified atom stereocenters. The molecule has 2 rings (SSSR count). The first kappa shape index (κ1) is 11.0. The molecule has 0 saturated heterocycles. The molecule has 0 bridgehead atoms. The van der Waals surface area contributed by atoms with Gasteiger partial charge in [0.25, 0.3) is 0 Å². The average Bonchev–Trinajstić information content (AvgIpc) is 2.66. The van der Waals surface area contributed by atoms with E-state index in [1.54, 1.807) is 0 Å². The number of H-pyrrole nitrogens is 1. The van der Waals surface area contributed by atoms with E-state index in [0.29, 0.717) is 10.7 Å². The maximum Gasteiger partial charge on any atom is 0.106 e. The number of aromatic nitrogens is 2. The van der Waals surface area contributed by atoms with Crippen LogP contribution in [0, 0.1) is 6.92 Å². The number of hydrogen-bond acceptors (Lipinski definition) is 2. The summed E-state index contributed by atoms with van der Waals surface area (Å²) >= 11 is 5.86. The van der Waals surface area contributed by atoms with Gasteiger partial charge in [0.15, 0.2) is 0 Å². The number of nitrogens with zero attached hydrogens (tertiary/aromatic N) is 1. The highest BCUT2D eigenvalue weighted by atomic mass is 35.5. The van der Waals surface area contributed by atoms with Crippen molar-refractivity contribution < 1.29 is 0 Å².